The maximum absolute atomic E-state index is 14.2. The first-order valence-corrected chi connectivity index (χ1v) is 16.0. The lowest BCUT2D eigenvalue weighted by atomic mass is 9.95. The molecule has 8 nitrogen and oxygen atoms in total. The molecule has 0 N–H and O–H groups in total. The number of carbonyl (C=O) groups excluding carboxylic acids is 1. The normalized spacial score (nSPS) is 15.8. The second kappa shape index (κ2) is 12.6. The van der Waals surface area contributed by atoms with Gasteiger partial charge in [0.2, 0.25) is 5.78 Å². The lowest BCUT2D eigenvalue weighted by molar-refractivity contribution is -0.137. The summed E-state index contributed by atoms with van der Waals surface area (Å²) in [5, 5.41) is 5.84. The molecule has 12 heteroatoms. The standard InChI is InChI=1S/C34H29F3N2O6S/c1-2-39-18-17-22-20-23(9-15-30(22)39)32(38-45-46(41,42)26-12-10-24(11-13-26)34(35,36)37)33(40)29-14-16-31(28-8-4-3-7-27(28)29)44-21-25-6-5-19-43-25/h3-4,7-18,20,25H,2,5-6,19,21H2,1H3/b38-32+. The summed E-state index contributed by atoms with van der Waals surface area (Å²) >= 11 is 0. The van der Waals surface area contributed by atoms with Crippen LogP contribution in [0.2, 0.25) is 0 Å². The fourth-order valence-electron chi connectivity index (χ4n) is 5.47. The molecule has 1 fully saturated rings. The number of alkyl halides is 3. The smallest absolute Gasteiger partial charge is 0.416 e. The van der Waals surface area contributed by atoms with Crippen LogP contribution in [0.4, 0.5) is 13.2 Å². The molecular formula is C34H29F3N2O6S. The number of ether oxygens (including phenoxy) is 2. The zero-order chi connectivity index (χ0) is 32.5. The Morgan fingerprint density at radius 2 is 1.76 bits per heavy atom. The Kier molecular flexibility index (Phi) is 8.58. The number of fused-ring (bicyclic) bond motifs is 2. The van der Waals surface area contributed by atoms with Crippen LogP contribution in [-0.2, 0) is 31.9 Å². The highest BCUT2D eigenvalue weighted by molar-refractivity contribution is 7.86. The van der Waals surface area contributed by atoms with E-state index in [0.29, 0.717) is 48.4 Å². The van der Waals surface area contributed by atoms with Crippen LogP contribution in [0.5, 0.6) is 5.75 Å². The average Bonchev–Trinajstić information content (AvgIpc) is 3.73. The van der Waals surface area contributed by atoms with Gasteiger partial charge in [-0.05, 0) is 79.7 Å². The molecule has 0 saturated carbocycles. The summed E-state index contributed by atoms with van der Waals surface area (Å²) in [7, 11) is -4.69. The van der Waals surface area contributed by atoms with E-state index >= 15 is 0 Å². The van der Waals surface area contributed by atoms with Crippen LogP contribution in [0, 0.1) is 0 Å². The van der Waals surface area contributed by atoms with E-state index in [4.69, 9.17) is 13.8 Å². The second-order valence-electron chi connectivity index (χ2n) is 10.8. The molecular weight excluding hydrogens is 621 g/mol. The third kappa shape index (κ3) is 6.35. The minimum absolute atomic E-state index is 0.0138. The number of halogens is 3. The number of ketones is 1. The molecule has 46 heavy (non-hydrogen) atoms. The highest BCUT2D eigenvalue weighted by Gasteiger charge is 2.31. The number of Topliss-reactive ketones (excluding diaryl/α,β-unsaturated/α-hetero) is 1. The summed E-state index contributed by atoms with van der Waals surface area (Å²) in [6.45, 7) is 3.75. The number of hydrogen-bond acceptors (Lipinski definition) is 7. The summed E-state index contributed by atoms with van der Waals surface area (Å²) in [5.41, 5.74) is 0.0832. The third-order valence-corrected chi connectivity index (χ3v) is 8.99. The van der Waals surface area contributed by atoms with Gasteiger partial charge in [0.25, 0.3) is 0 Å². The van der Waals surface area contributed by atoms with Gasteiger partial charge in [-0.15, -0.1) is 0 Å². The van der Waals surface area contributed by atoms with Crippen molar-refractivity contribution in [2.24, 2.45) is 5.16 Å². The van der Waals surface area contributed by atoms with Crippen LogP contribution < -0.4 is 4.74 Å². The minimum Gasteiger partial charge on any atom is -0.490 e. The molecule has 0 aliphatic carbocycles. The Morgan fingerprint density at radius 3 is 2.46 bits per heavy atom. The van der Waals surface area contributed by atoms with E-state index in [0.717, 1.165) is 35.9 Å². The Bertz CT molecular complexity index is 2050. The third-order valence-electron chi connectivity index (χ3n) is 7.87. The number of oxime groups is 1. The Balaban J connectivity index is 1.39. The predicted molar refractivity (Wildman–Crippen MR) is 167 cm³/mol. The highest BCUT2D eigenvalue weighted by atomic mass is 32.2. The summed E-state index contributed by atoms with van der Waals surface area (Å²) in [6, 6.07) is 20.2. The zero-order valence-electron chi connectivity index (χ0n) is 24.7. The van der Waals surface area contributed by atoms with Crippen LogP contribution in [0.15, 0.2) is 101 Å². The van der Waals surface area contributed by atoms with E-state index in [-0.39, 0.29) is 22.9 Å². The van der Waals surface area contributed by atoms with Crippen molar-refractivity contribution in [3.8, 4) is 5.75 Å². The largest absolute Gasteiger partial charge is 0.490 e. The molecule has 0 bridgehead atoms. The molecule has 1 saturated heterocycles. The lowest BCUT2D eigenvalue weighted by Crippen LogP contribution is -2.19. The minimum atomic E-state index is -4.69. The molecule has 6 rings (SSSR count). The Labute approximate surface area is 263 Å². The van der Waals surface area contributed by atoms with Crippen LogP contribution in [0.1, 0.15) is 41.3 Å². The van der Waals surface area contributed by atoms with Gasteiger partial charge < -0.3 is 14.0 Å². The molecule has 5 aromatic rings. The van der Waals surface area contributed by atoms with Gasteiger partial charge in [-0.2, -0.15) is 21.6 Å². The maximum atomic E-state index is 14.2. The predicted octanol–water partition coefficient (Wildman–Crippen LogP) is 7.38. The quantitative estimate of drug-likeness (QED) is 0.0889. The van der Waals surface area contributed by atoms with Gasteiger partial charge in [0.05, 0.1) is 11.7 Å². The molecule has 0 amide bonds. The Hall–Kier alpha value is -4.68. The summed E-state index contributed by atoms with van der Waals surface area (Å²) in [6.07, 6.45) is -0.906. The summed E-state index contributed by atoms with van der Waals surface area (Å²) < 4.78 is 83.9. The topological polar surface area (TPSA) is 96.2 Å². The number of aromatic nitrogens is 1. The first kappa shape index (κ1) is 31.3. The van der Waals surface area contributed by atoms with Crippen molar-refractivity contribution in [2.45, 2.75) is 43.5 Å². The van der Waals surface area contributed by atoms with Gasteiger partial charge in [-0.1, -0.05) is 35.5 Å². The van der Waals surface area contributed by atoms with Crippen molar-refractivity contribution in [1.82, 2.24) is 4.57 Å². The van der Waals surface area contributed by atoms with Crippen molar-refractivity contribution < 1.29 is 40.1 Å². The van der Waals surface area contributed by atoms with Crippen molar-refractivity contribution in [3.63, 3.8) is 0 Å². The van der Waals surface area contributed by atoms with Gasteiger partial charge >= 0.3 is 16.3 Å². The molecule has 1 atom stereocenters. The molecule has 238 valence electrons. The maximum Gasteiger partial charge on any atom is 0.416 e. The summed E-state index contributed by atoms with van der Waals surface area (Å²) in [5.74, 6) is -0.0663. The van der Waals surface area contributed by atoms with Crippen molar-refractivity contribution in [2.75, 3.05) is 13.2 Å². The number of rotatable bonds is 10. The van der Waals surface area contributed by atoms with E-state index in [1.807, 2.05) is 35.9 Å². The van der Waals surface area contributed by atoms with Crippen LogP contribution in [0.3, 0.4) is 0 Å². The number of nitrogens with zero attached hydrogens (tertiary/aromatic N) is 2. The first-order valence-electron chi connectivity index (χ1n) is 14.6. The molecule has 0 spiro atoms. The highest BCUT2D eigenvalue weighted by Crippen LogP contribution is 2.32. The number of hydrogen-bond donors (Lipinski definition) is 0. The van der Waals surface area contributed by atoms with Crippen LogP contribution in [0.25, 0.3) is 21.7 Å². The van der Waals surface area contributed by atoms with E-state index in [9.17, 15) is 26.4 Å². The number of carbonyl (C=O) groups is 1. The van der Waals surface area contributed by atoms with Gasteiger partial charge in [0.1, 0.15) is 17.3 Å². The van der Waals surface area contributed by atoms with Crippen molar-refractivity contribution in [1.29, 1.82) is 0 Å². The van der Waals surface area contributed by atoms with Crippen LogP contribution >= 0.6 is 0 Å². The average molecular weight is 651 g/mol. The summed E-state index contributed by atoms with van der Waals surface area (Å²) in [4.78, 5) is 13.7. The second-order valence-corrected chi connectivity index (χ2v) is 12.3. The lowest BCUT2D eigenvalue weighted by Gasteiger charge is -2.15. The molecule has 4 aromatic carbocycles. The molecule has 2 heterocycles. The van der Waals surface area contributed by atoms with Gasteiger partial charge in [-0.25, -0.2) is 0 Å². The molecule has 1 aromatic heterocycles. The van der Waals surface area contributed by atoms with E-state index in [1.165, 1.54) is 0 Å². The molecule has 1 aliphatic heterocycles. The Morgan fingerprint density at radius 1 is 1.00 bits per heavy atom. The van der Waals surface area contributed by atoms with E-state index in [2.05, 4.69) is 5.16 Å². The van der Waals surface area contributed by atoms with E-state index in [1.54, 1.807) is 42.5 Å². The van der Waals surface area contributed by atoms with Crippen molar-refractivity contribution in [3.05, 3.63) is 108 Å². The number of aryl methyl sites for hydroxylation is 1. The van der Waals surface area contributed by atoms with Crippen LogP contribution in [-0.4, -0.2) is 43.8 Å². The number of benzene rings is 4. The molecule has 1 unspecified atom stereocenters. The fraction of sp³-hybridized carbons (Fsp3) is 0.235. The van der Waals surface area contributed by atoms with Crippen molar-refractivity contribution >= 4 is 43.3 Å². The van der Waals surface area contributed by atoms with Gasteiger partial charge in [-0.3, -0.25) is 9.08 Å². The molecule has 1 aliphatic rings. The van der Waals surface area contributed by atoms with Gasteiger partial charge in [0, 0.05) is 46.8 Å². The SMILES string of the molecule is CCn1ccc2cc(/C(=N\OS(=O)(=O)c3ccc(C(F)(F)F)cc3)C(=O)c3ccc(OCC4CCCO4)c4ccccc34)ccc21. The zero-order valence-corrected chi connectivity index (χ0v) is 25.5. The molecule has 0 radical (unpaired) electrons. The monoisotopic (exact) mass is 650 g/mol. The van der Waals surface area contributed by atoms with E-state index < -0.39 is 32.5 Å². The van der Waals surface area contributed by atoms with Gasteiger partial charge in [0.15, 0.2) is 5.71 Å². The fourth-order valence-corrected chi connectivity index (χ4v) is 6.20. The first-order chi connectivity index (χ1) is 22.0.